The Morgan fingerprint density at radius 3 is 2.22 bits per heavy atom. The average Bonchev–Trinajstić information content (AvgIpc) is 2.81. The van der Waals surface area contributed by atoms with Gasteiger partial charge in [0.05, 0.1) is 0 Å². The first-order valence-corrected chi connectivity index (χ1v) is 11.0. The summed E-state index contributed by atoms with van der Waals surface area (Å²) in [6.45, 7) is 1.11. The summed E-state index contributed by atoms with van der Waals surface area (Å²) >= 11 is 1.30. The van der Waals surface area contributed by atoms with Crippen molar-refractivity contribution in [1.29, 1.82) is 0 Å². The highest BCUT2D eigenvalue weighted by molar-refractivity contribution is 8.00. The molecule has 2 aliphatic rings. The molecule has 4 rings (SSSR count). The fourth-order valence-electron chi connectivity index (χ4n) is 3.66. The summed E-state index contributed by atoms with van der Waals surface area (Å²) in [5.74, 6) is -1.50. The van der Waals surface area contributed by atoms with E-state index in [1.807, 2.05) is 60.7 Å². The lowest BCUT2D eigenvalue weighted by Gasteiger charge is -2.46. The van der Waals surface area contributed by atoms with Crippen LogP contribution in [0.15, 0.2) is 77.1 Å². The predicted molar refractivity (Wildman–Crippen MR) is 117 cm³/mol. The topological polar surface area (TPSA) is 102 Å². The first-order chi connectivity index (χ1) is 15.5. The second-order valence-electron chi connectivity index (χ2n) is 7.30. The number of β-lactam (4-membered cyclic amide) rings is 1. The number of fused-ring (bicyclic) bond motifs is 1. The quantitative estimate of drug-likeness (QED) is 0.361. The van der Waals surface area contributed by atoms with E-state index in [1.54, 1.807) is 0 Å². The van der Waals surface area contributed by atoms with Crippen LogP contribution in [0.1, 0.15) is 24.2 Å². The van der Waals surface area contributed by atoms with Gasteiger partial charge < -0.3 is 9.47 Å². The second kappa shape index (κ2) is 9.35. The molecule has 0 radical (unpaired) electrons. The van der Waals surface area contributed by atoms with Crippen molar-refractivity contribution in [2.24, 2.45) is 5.18 Å². The van der Waals surface area contributed by atoms with Crippen molar-refractivity contribution in [3.8, 4) is 0 Å². The number of esters is 2. The molecule has 2 aromatic rings. The number of hydrogen-bond acceptors (Lipinski definition) is 8. The molecule has 0 spiro atoms. The molecule has 1 saturated heterocycles. The lowest BCUT2D eigenvalue weighted by molar-refractivity contribution is -0.153. The molecule has 2 heterocycles. The molecule has 0 bridgehead atoms. The van der Waals surface area contributed by atoms with Gasteiger partial charge >= 0.3 is 11.9 Å². The number of hydrogen-bond donors (Lipinski definition) is 0. The van der Waals surface area contributed by atoms with E-state index in [0.29, 0.717) is 11.3 Å². The molecule has 1 fully saturated rings. The van der Waals surface area contributed by atoms with E-state index in [0.717, 1.165) is 11.1 Å². The molecule has 1 unspecified atom stereocenters. The van der Waals surface area contributed by atoms with E-state index in [9.17, 15) is 19.3 Å². The zero-order valence-corrected chi connectivity index (χ0v) is 18.0. The largest absolute Gasteiger partial charge is 0.461 e. The lowest BCUT2D eigenvalue weighted by Crippen LogP contribution is -2.64. The monoisotopic (exact) mass is 452 g/mol. The number of rotatable bonds is 7. The molecule has 2 aromatic carbocycles. The van der Waals surface area contributed by atoms with Crippen LogP contribution in [0.4, 0.5) is 0 Å². The Bertz CT molecular complexity index is 1030. The Balaban J connectivity index is 1.69. The number of amides is 1. The molecule has 9 heteroatoms. The summed E-state index contributed by atoms with van der Waals surface area (Å²) < 4.78 is 11.0. The van der Waals surface area contributed by atoms with E-state index >= 15 is 0 Å². The van der Waals surface area contributed by atoms with E-state index in [1.165, 1.54) is 23.6 Å². The molecule has 2 aliphatic heterocycles. The van der Waals surface area contributed by atoms with Crippen LogP contribution in [-0.4, -0.2) is 46.5 Å². The minimum absolute atomic E-state index is 0.0109. The van der Waals surface area contributed by atoms with Crippen LogP contribution in [0.2, 0.25) is 0 Å². The maximum Gasteiger partial charge on any atom is 0.356 e. The molecule has 0 aliphatic carbocycles. The molecule has 1 amide bonds. The molecule has 0 N–H and O–H groups in total. The van der Waals surface area contributed by atoms with Crippen molar-refractivity contribution in [2.75, 3.05) is 12.4 Å². The van der Waals surface area contributed by atoms with E-state index in [4.69, 9.17) is 9.47 Å². The molecular weight excluding hydrogens is 432 g/mol. The van der Waals surface area contributed by atoms with Crippen molar-refractivity contribution < 1.29 is 23.9 Å². The predicted octanol–water partition coefficient (Wildman–Crippen LogP) is 3.19. The van der Waals surface area contributed by atoms with E-state index in [-0.39, 0.29) is 12.3 Å². The number of nitrogens with zero attached hydrogens (tertiary/aromatic N) is 2. The van der Waals surface area contributed by atoms with Gasteiger partial charge in [-0.25, -0.2) is 4.79 Å². The number of carbonyl (C=O) groups excluding carboxylic acids is 3. The average molecular weight is 452 g/mol. The number of benzene rings is 2. The fraction of sp³-hybridized carbons (Fsp3) is 0.261. The van der Waals surface area contributed by atoms with Crippen LogP contribution >= 0.6 is 11.8 Å². The smallest absolute Gasteiger partial charge is 0.356 e. The van der Waals surface area contributed by atoms with Gasteiger partial charge in [0.1, 0.15) is 17.7 Å². The third kappa shape index (κ3) is 4.16. The van der Waals surface area contributed by atoms with Crippen molar-refractivity contribution in [1.82, 2.24) is 4.90 Å². The first kappa shape index (κ1) is 21.8. The fourth-order valence-corrected chi connectivity index (χ4v) is 4.96. The Hall–Kier alpha value is -3.46. The van der Waals surface area contributed by atoms with Crippen molar-refractivity contribution in [3.63, 3.8) is 0 Å². The van der Waals surface area contributed by atoms with Gasteiger partial charge in [-0.15, -0.1) is 16.7 Å². The lowest BCUT2D eigenvalue weighted by atomic mass is 10.0. The van der Waals surface area contributed by atoms with Crippen LogP contribution in [0, 0.1) is 4.91 Å². The van der Waals surface area contributed by atoms with Gasteiger partial charge in [0.15, 0.2) is 6.10 Å². The summed E-state index contributed by atoms with van der Waals surface area (Å²) in [5, 5.41) is 2.31. The Labute approximate surface area is 188 Å². The van der Waals surface area contributed by atoms with Crippen molar-refractivity contribution >= 4 is 29.6 Å². The normalized spacial score (nSPS) is 19.8. The highest BCUT2D eigenvalue weighted by atomic mass is 32.2. The Morgan fingerprint density at radius 2 is 1.69 bits per heavy atom. The van der Waals surface area contributed by atoms with Gasteiger partial charge in [-0.1, -0.05) is 65.8 Å². The summed E-state index contributed by atoms with van der Waals surface area (Å²) in [4.78, 5) is 49.5. The van der Waals surface area contributed by atoms with Crippen molar-refractivity contribution in [2.45, 2.75) is 24.4 Å². The first-order valence-electron chi connectivity index (χ1n) is 9.94. The van der Waals surface area contributed by atoms with Gasteiger partial charge in [-0.2, -0.15) is 0 Å². The minimum Gasteiger partial charge on any atom is -0.461 e. The molecule has 2 atom stereocenters. The third-order valence-electron chi connectivity index (χ3n) is 5.21. The van der Waals surface area contributed by atoms with Crippen molar-refractivity contribution in [3.05, 3.63) is 88.0 Å². The molecule has 32 heavy (non-hydrogen) atoms. The highest BCUT2D eigenvalue weighted by Crippen LogP contribution is 2.42. The molecule has 0 aromatic heterocycles. The van der Waals surface area contributed by atoms with Gasteiger partial charge in [0.2, 0.25) is 6.04 Å². The minimum atomic E-state index is -1.04. The van der Waals surface area contributed by atoms with Gasteiger partial charge in [0.25, 0.3) is 5.91 Å². The third-order valence-corrected chi connectivity index (χ3v) is 6.53. The van der Waals surface area contributed by atoms with Gasteiger partial charge in [-0.05, 0) is 11.1 Å². The van der Waals surface area contributed by atoms with Crippen LogP contribution in [0.3, 0.4) is 0 Å². The molecule has 164 valence electrons. The maximum atomic E-state index is 13.4. The van der Waals surface area contributed by atoms with Crippen LogP contribution < -0.4 is 0 Å². The Morgan fingerprint density at radius 1 is 1.09 bits per heavy atom. The summed E-state index contributed by atoms with van der Waals surface area (Å²) in [6.07, 6.45) is -0.711. The van der Waals surface area contributed by atoms with Gasteiger partial charge in [0, 0.05) is 18.2 Å². The summed E-state index contributed by atoms with van der Waals surface area (Å²) in [6, 6.07) is 17.4. The molecular formula is C23H20N2O6S. The zero-order chi connectivity index (χ0) is 22.7. The van der Waals surface area contributed by atoms with Crippen LogP contribution in [0.5, 0.6) is 0 Å². The van der Waals surface area contributed by atoms with Crippen LogP contribution in [-0.2, 0) is 23.9 Å². The van der Waals surface area contributed by atoms with E-state index in [2.05, 4.69) is 5.18 Å². The highest BCUT2D eigenvalue weighted by Gasteiger charge is 2.55. The summed E-state index contributed by atoms with van der Waals surface area (Å²) in [7, 11) is 0. The number of carbonyl (C=O) groups is 3. The standard InChI is InChI=1S/C23H20N2O6S/c1-14(26)30-12-17-13-32-22-18(24-29)21(27)25(22)19(17)23(28)31-20(15-8-4-2-5-9-15)16-10-6-3-7-11-16/h2-11,18,20,22H,12-13H2,1H3/t18?,22-/m0/s1. The molecule has 8 nitrogen and oxygen atoms in total. The maximum absolute atomic E-state index is 13.4. The number of nitroso groups, excluding NO2 is 1. The second-order valence-corrected chi connectivity index (χ2v) is 8.40. The zero-order valence-electron chi connectivity index (χ0n) is 17.2. The number of ether oxygens (including phenoxy) is 2. The van der Waals surface area contributed by atoms with Crippen LogP contribution in [0.25, 0.3) is 0 Å². The Kier molecular flexibility index (Phi) is 6.36. The SMILES string of the molecule is CC(=O)OCC1=C(C(=O)OC(c2ccccc2)c2ccccc2)N2C(=O)C(N=O)[C@@H]2SC1. The van der Waals surface area contributed by atoms with Gasteiger partial charge in [-0.3, -0.25) is 14.5 Å². The van der Waals surface area contributed by atoms with E-state index < -0.39 is 35.4 Å². The summed E-state index contributed by atoms with van der Waals surface area (Å²) in [5.41, 5.74) is 1.98. The molecule has 0 saturated carbocycles. The number of thioether (sulfide) groups is 1.